The van der Waals surface area contributed by atoms with Crippen molar-refractivity contribution >= 4 is 39.8 Å². The minimum Gasteiger partial charge on any atom is -0.462 e. The van der Waals surface area contributed by atoms with Crippen LogP contribution in [0.1, 0.15) is 52.3 Å². The van der Waals surface area contributed by atoms with Crippen molar-refractivity contribution in [1.29, 1.82) is 0 Å². The highest BCUT2D eigenvalue weighted by atomic mass is 32.1. The van der Waals surface area contributed by atoms with Crippen molar-refractivity contribution in [2.45, 2.75) is 39.2 Å². The van der Waals surface area contributed by atoms with Crippen LogP contribution in [0.3, 0.4) is 0 Å². The number of β-amino-alcohol motifs (C(OH)–C–C–N with tert-alkyl or cyclic N) is 1. The highest BCUT2D eigenvalue weighted by Crippen LogP contribution is 2.29. The van der Waals surface area contributed by atoms with Crippen molar-refractivity contribution in [3.05, 3.63) is 46.3 Å². The van der Waals surface area contributed by atoms with Gasteiger partial charge < -0.3 is 25.4 Å². The molecule has 3 rings (SSSR count). The molecule has 1 saturated heterocycles. The number of anilines is 2. The number of amides is 2. The Bertz CT molecular complexity index is 974. The van der Waals surface area contributed by atoms with Crippen molar-refractivity contribution in [2.24, 2.45) is 0 Å². The summed E-state index contributed by atoms with van der Waals surface area (Å²) >= 11 is 1.35. The molecule has 1 aliphatic heterocycles. The van der Waals surface area contributed by atoms with Gasteiger partial charge in [0.15, 0.2) is 0 Å². The number of nitrogens with zero attached hydrogens (tertiary/aromatic N) is 1. The molecule has 1 atom stereocenters. The fraction of sp³-hybridized carbons (Fsp3) is 0.435. The number of hydrogen-bond acceptors (Lipinski definition) is 7. The topological polar surface area (TPSA) is 108 Å². The van der Waals surface area contributed by atoms with Crippen LogP contribution in [0.4, 0.5) is 10.7 Å². The van der Waals surface area contributed by atoms with Crippen LogP contribution < -0.4 is 10.6 Å². The standard InChI is InChI=1S/C23H29N3O5S/c1-3-16-12-18(23(30)31-4-2)21(32-16)25-20(28)13-24-19-10-6-5-9-17(19)22(29)26-11-7-8-15(27)14-26/h5-6,9-10,12,15,24,27H,3-4,7-8,11,13-14H2,1-2H3,(H,25,28)/t15-/m1/s1. The average Bonchev–Trinajstić information content (AvgIpc) is 3.20. The predicted octanol–water partition coefficient (Wildman–Crippen LogP) is 3.13. The van der Waals surface area contributed by atoms with Gasteiger partial charge in [-0.05, 0) is 44.4 Å². The summed E-state index contributed by atoms with van der Waals surface area (Å²) in [5.41, 5.74) is 1.34. The first-order valence-corrected chi connectivity index (χ1v) is 11.6. The molecule has 0 unspecified atom stereocenters. The lowest BCUT2D eigenvalue weighted by atomic mass is 10.1. The third-order valence-corrected chi connectivity index (χ3v) is 6.36. The molecule has 1 fully saturated rings. The molecule has 1 aromatic carbocycles. The summed E-state index contributed by atoms with van der Waals surface area (Å²) in [5, 5.41) is 16.1. The Labute approximate surface area is 191 Å². The average molecular weight is 460 g/mol. The lowest BCUT2D eigenvalue weighted by Gasteiger charge is -2.30. The summed E-state index contributed by atoms with van der Waals surface area (Å²) in [6.45, 7) is 4.79. The van der Waals surface area contributed by atoms with Crippen molar-refractivity contribution in [1.82, 2.24) is 4.90 Å². The molecule has 172 valence electrons. The van der Waals surface area contributed by atoms with Crippen LogP contribution in [-0.2, 0) is 16.0 Å². The minimum atomic E-state index is -0.508. The number of thiophene rings is 1. The first kappa shape index (κ1) is 23.7. The molecule has 9 heteroatoms. The number of carbonyl (C=O) groups is 3. The molecular formula is C23H29N3O5S. The number of aryl methyl sites for hydroxylation is 1. The van der Waals surface area contributed by atoms with E-state index >= 15 is 0 Å². The second kappa shape index (κ2) is 11.1. The lowest BCUT2D eigenvalue weighted by molar-refractivity contribution is -0.114. The third kappa shape index (κ3) is 5.86. The van der Waals surface area contributed by atoms with E-state index in [9.17, 15) is 19.5 Å². The zero-order valence-corrected chi connectivity index (χ0v) is 19.2. The molecule has 0 saturated carbocycles. The number of aliphatic hydroxyl groups is 1. The molecule has 2 heterocycles. The maximum atomic E-state index is 12.9. The first-order valence-electron chi connectivity index (χ1n) is 10.8. The van der Waals surface area contributed by atoms with E-state index in [0.717, 1.165) is 17.7 Å². The number of nitrogens with one attached hydrogen (secondary N) is 2. The Morgan fingerprint density at radius 1 is 1.22 bits per heavy atom. The maximum Gasteiger partial charge on any atom is 0.341 e. The summed E-state index contributed by atoms with van der Waals surface area (Å²) < 4.78 is 5.09. The zero-order valence-electron chi connectivity index (χ0n) is 18.3. The van der Waals surface area contributed by atoms with Gasteiger partial charge in [-0.3, -0.25) is 9.59 Å². The number of aliphatic hydroxyl groups excluding tert-OH is 1. The predicted molar refractivity (Wildman–Crippen MR) is 124 cm³/mol. The largest absolute Gasteiger partial charge is 0.462 e. The quantitative estimate of drug-likeness (QED) is 0.524. The van der Waals surface area contributed by atoms with Crippen LogP contribution in [-0.4, -0.2) is 60.1 Å². The van der Waals surface area contributed by atoms with Crippen molar-refractivity contribution in [2.75, 3.05) is 36.9 Å². The molecule has 8 nitrogen and oxygen atoms in total. The fourth-order valence-corrected chi connectivity index (χ4v) is 4.55. The number of esters is 1. The Hall–Kier alpha value is -2.91. The Morgan fingerprint density at radius 2 is 2.00 bits per heavy atom. The first-order chi connectivity index (χ1) is 15.4. The van der Waals surface area contributed by atoms with Crippen LogP contribution in [0.25, 0.3) is 0 Å². The number of piperidine rings is 1. The number of benzene rings is 1. The van der Waals surface area contributed by atoms with Crippen molar-refractivity contribution in [3.8, 4) is 0 Å². The maximum absolute atomic E-state index is 12.9. The molecule has 0 bridgehead atoms. The molecule has 0 aliphatic carbocycles. The summed E-state index contributed by atoms with van der Waals surface area (Å²) in [4.78, 5) is 40.3. The summed E-state index contributed by atoms with van der Waals surface area (Å²) in [6.07, 6.45) is 1.69. The number of rotatable bonds is 8. The number of likely N-dealkylation sites (tertiary alicyclic amines) is 1. The lowest BCUT2D eigenvalue weighted by Crippen LogP contribution is -2.42. The number of para-hydroxylation sites is 1. The van der Waals surface area contributed by atoms with Gasteiger partial charge in [-0.15, -0.1) is 11.3 Å². The Kier molecular flexibility index (Phi) is 8.24. The number of carbonyl (C=O) groups excluding carboxylic acids is 3. The van der Waals surface area contributed by atoms with E-state index in [4.69, 9.17) is 4.74 Å². The van der Waals surface area contributed by atoms with Gasteiger partial charge >= 0.3 is 5.97 Å². The van der Waals surface area contributed by atoms with E-state index < -0.39 is 12.1 Å². The van der Waals surface area contributed by atoms with E-state index in [1.807, 2.05) is 6.92 Å². The molecule has 0 radical (unpaired) electrons. The molecule has 32 heavy (non-hydrogen) atoms. The molecule has 1 aliphatic rings. The van der Waals surface area contributed by atoms with Crippen LogP contribution in [0.15, 0.2) is 30.3 Å². The van der Waals surface area contributed by atoms with Gasteiger partial charge in [0.1, 0.15) is 5.00 Å². The molecule has 3 N–H and O–H groups in total. The van der Waals surface area contributed by atoms with Crippen LogP contribution in [0.2, 0.25) is 0 Å². The molecule has 2 aromatic rings. The van der Waals surface area contributed by atoms with Gasteiger partial charge in [0.25, 0.3) is 5.91 Å². The van der Waals surface area contributed by atoms with Crippen molar-refractivity contribution in [3.63, 3.8) is 0 Å². The van der Waals surface area contributed by atoms with Crippen molar-refractivity contribution < 1.29 is 24.2 Å². The Morgan fingerprint density at radius 3 is 2.72 bits per heavy atom. The summed E-state index contributed by atoms with van der Waals surface area (Å²) in [6, 6.07) is 8.74. The van der Waals surface area contributed by atoms with Gasteiger partial charge in [0.2, 0.25) is 5.91 Å². The normalized spacial score (nSPS) is 15.8. The number of hydrogen-bond donors (Lipinski definition) is 3. The van der Waals surface area contributed by atoms with Crippen LogP contribution in [0, 0.1) is 0 Å². The van der Waals surface area contributed by atoms with Gasteiger partial charge in [-0.2, -0.15) is 0 Å². The van der Waals surface area contributed by atoms with Gasteiger partial charge in [-0.25, -0.2) is 4.79 Å². The highest BCUT2D eigenvalue weighted by Gasteiger charge is 2.25. The third-order valence-electron chi connectivity index (χ3n) is 5.16. The number of ether oxygens (including phenoxy) is 1. The SMILES string of the molecule is CCOC(=O)c1cc(CC)sc1NC(=O)CNc1ccccc1C(=O)N1CCC[C@@H](O)C1. The van der Waals surface area contributed by atoms with Crippen LogP contribution >= 0.6 is 11.3 Å². The smallest absolute Gasteiger partial charge is 0.341 e. The second-order valence-electron chi connectivity index (χ2n) is 7.52. The zero-order chi connectivity index (χ0) is 23.1. The summed E-state index contributed by atoms with van der Waals surface area (Å²) in [7, 11) is 0. The molecule has 0 spiro atoms. The minimum absolute atomic E-state index is 0.0749. The van der Waals surface area contributed by atoms with Gasteiger partial charge in [-0.1, -0.05) is 19.1 Å². The van der Waals surface area contributed by atoms with E-state index in [2.05, 4.69) is 10.6 Å². The van der Waals surface area contributed by atoms with E-state index in [1.54, 1.807) is 42.2 Å². The van der Waals surface area contributed by atoms with E-state index in [0.29, 0.717) is 41.3 Å². The summed E-state index contributed by atoms with van der Waals surface area (Å²) in [5.74, 6) is -0.982. The van der Waals surface area contributed by atoms with Crippen LogP contribution in [0.5, 0.6) is 0 Å². The Balaban J connectivity index is 1.67. The molecular weight excluding hydrogens is 430 g/mol. The molecule has 2 amide bonds. The fourth-order valence-electron chi connectivity index (χ4n) is 3.55. The monoisotopic (exact) mass is 459 g/mol. The van der Waals surface area contributed by atoms with E-state index in [-0.39, 0.29) is 25.0 Å². The van der Waals surface area contributed by atoms with E-state index in [1.165, 1.54) is 11.3 Å². The highest BCUT2D eigenvalue weighted by molar-refractivity contribution is 7.16. The van der Waals surface area contributed by atoms with Gasteiger partial charge in [0, 0.05) is 23.7 Å². The molecule has 1 aromatic heterocycles. The second-order valence-corrected chi connectivity index (χ2v) is 8.66. The van der Waals surface area contributed by atoms with Gasteiger partial charge in [0.05, 0.1) is 30.4 Å².